The van der Waals surface area contributed by atoms with Crippen molar-refractivity contribution in [3.63, 3.8) is 0 Å². The molecule has 1 amide bonds. The fourth-order valence-corrected chi connectivity index (χ4v) is 3.20. The van der Waals surface area contributed by atoms with E-state index in [0.29, 0.717) is 23.4 Å². The van der Waals surface area contributed by atoms with Crippen molar-refractivity contribution in [3.05, 3.63) is 77.1 Å². The van der Waals surface area contributed by atoms with Gasteiger partial charge in [-0.1, -0.05) is 6.08 Å². The third-order valence-corrected chi connectivity index (χ3v) is 4.54. The summed E-state index contributed by atoms with van der Waals surface area (Å²) in [6.07, 6.45) is 7.29. The molecule has 0 saturated heterocycles. The number of benzene rings is 1. The number of carbonyl (C=O) groups excluding carboxylic acids is 1. The van der Waals surface area contributed by atoms with Crippen LogP contribution in [0, 0.1) is 11.0 Å². The number of pyridine rings is 1. The maximum absolute atomic E-state index is 13.3. The predicted octanol–water partition coefficient (Wildman–Crippen LogP) is 2.87. The van der Waals surface area contributed by atoms with E-state index in [1.807, 2.05) is 12.3 Å². The highest BCUT2D eigenvalue weighted by molar-refractivity contribution is 5.96. The van der Waals surface area contributed by atoms with Gasteiger partial charge in [0.25, 0.3) is 5.91 Å². The molecule has 0 radical (unpaired) electrons. The van der Waals surface area contributed by atoms with Crippen molar-refractivity contribution in [1.29, 1.82) is 0 Å². The number of aromatic nitrogens is 2. The number of nitrogens with zero attached hydrogens (tertiary/aromatic N) is 2. The molecule has 0 spiro atoms. The Morgan fingerprint density at radius 1 is 1.24 bits per heavy atom. The van der Waals surface area contributed by atoms with Gasteiger partial charge in [-0.05, 0) is 30.2 Å². The lowest BCUT2D eigenvalue weighted by molar-refractivity contribution is -0.605. The first-order valence-corrected chi connectivity index (χ1v) is 8.06. The van der Waals surface area contributed by atoms with Crippen molar-refractivity contribution in [2.24, 2.45) is 0 Å². The third-order valence-electron chi connectivity index (χ3n) is 4.54. The van der Waals surface area contributed by atoms with Crippen molar-refractivity contribution in [2.45, 2.75) is 6.42 Å². The van der Waals surface area contributed by atoms with Gasteiger partial charge < -0.3 is 15.1 Å². The van der Waals surface area contributed by atoms with Crippen molar-refractivity contribution >= 4 is 22.4 Å². The minimum Gasteiger partial charge on any atom is -0.619 e. The Morgan fingerprint density at radius 2 is 2.04 bits per heavy atom. The standard InChI is InChI=1S/C19H16FN3O2/c20-15-1-2-16-17(12-21-18(16)11-15)13-3-7-22(8-4-13)19(24)14-5-9-23(25)10-6-14/h1-3,5-6,9-12,21H,4,7-8H2. The quantitative estimate of drug-likeness (QED) is 0.577. The molecule has 0 atom stereocenters. The molecule has 5 nitrogen and oxygen atoms in total. The number of aromatic amines is 1. The molecule has 25 heavy (non-hydrogen) atoms. The molecule has 3 aromatic rings. The van der Waals surface area contributed by atoms with Crippen LogP contribution in [0.1, 0.15) is 22.3 Å². The fraction of sp³-hybridized carbons (Fsp3) is 0.158. The predicted molar refractivity (Wildman–Crippen MR) is 92.2 cm³/mol. The minimum absolute atomic E-state index is 0.0862. The van der Waals surface area contributed by atoms with Gasteiger partial charge in [0, 0.05) is 47.9 Å². The summed E-state index contributed by atoms with van der Waals surface area (Å²) >= 11 is 0. The van der Waals surface area contributed by atoms with Crippen LogP contribution in [0.4, 0.5) is 4.39 Å². The Labute approximate surface area is 143 Å². The number of carbonyl (C=O) groups is 1. The van der Waals surface area contributed by atoms with Gasteiger partial charge in [-0.25, -0.2) is 4.39 Å². The van der Waals surface area contributed by atoms with E-state index in [9.17, 15) is 14.4 Å². The molecular weight excluding hydrogens is 321 g/mol. The Balaban J connectivity index is 1.55. The van der Waals surface area contributed by atoms with Crippen LogP contribution in [0.15, 0.2) is 55.0 Å². The molecule has 1 aliphatic rings. The largest absolute Gasteiger partial charge is 0.619 e. The molecule has 126 valence electrons. The molecule has 0 aliphatic carbocycles. The van der Waals surface area contributed by atoms with Crippen LogP contribution in [0.25, 0.3) is 16.5 Å². The van der Waals surface area contributed by atoms with E-state index in [1.54, 1.807) is 11.0 Å². The Kier molecular flexibility index (Phi) is 3.72. The molecule has 3 heterocycles. The summed E-state index contributed by atoms with van der Waals surface area (Å²) < 4.78 is 14.0. The average molecular weight is 337 g/mol. The number of halogens is 1. The second-order valence-corrected chi connectivity index (χ2v) is 6.07. The van der Waals surface area contributed by atoms with Crippen molar-refractivity contribution in [2.75, 3.05) is 13.1 Å². The zero-order valence-corrected chi connectivity index (χ0v) is 13.4. The summed E-state index contributed by atoms with van der Waals surface area (Å²) in [7, 11) is 0. The highest BCUT2D eigenvalue weighted by atomic mass is 19.1. The zero-order valence-electron chi connectivity index (χ0n) is 13.4. The van der Waals surface area contributed by atoms with E-state index in [-0.39, 0.29) is 11.7 Å². The lowest BCUT2D eigenvalue weighted by Crippen LogP contribution is -2.35. The molecule has 1 aromatic carbocycles. The number of nitrogens with one attached hydrogen (secondary N) is 1. The monoisotopic (exact) mass is 337 g/mol. The van der Waals surface area contributed by atoms with Gasteiger partial charge in [0.15, 0.2) is 12.4 Å². The zero-order chi connectivity index (χ0) is 17.4. The Hall–Kier alpha value is -3.15. The third kappa shape index (κ3) is 2.87. The second-order valence-electron chi connectivity index (χ2n) is 6.07. The molecule has 2 aromatic heterocycles. The first-order chi connectivity index (χ1) is 12.1. The van der Waals surface area contributed by atoms with Gasteiger partial charge in [0.1, 0.15) is 5.82 Å². The van der Waals surface area contributed by atoms with Gasteiger partial charge in [0.2, 0.25) is 0 Å². The highest BCUT2D eigenvalue weighted by Crippen LogP contribution is 2.29. The van der Waals surface area contributed by atoms with Crippen molar-refractivity contribution in [1.82, 2.24) is 9.88 Å². The number of H-pyrrole nitrogens is 1. The van der Waals surface area contributed by atoms with E-state index in [1.165, 1.54) is 36.7 Å². The summed E-state index contributed by atoms with van der Waals surface area (Å²) in [4.78, 5) is 17.3. The van der Waals surface area contributed by atoms with E-state index < -0.39 is 0 Å². The van der Waals surface area contributed by atoms with Crippen LogP contribution in [-0.4, -0.2) is 28.9 Å². The molecular formula is C19H16FN3O2. The molecule has 4 rings (SSSR count). The lowest BCUT2D eigenvalue weighted by Gasteiger charge is -2.26. The summed E-state index contributed by atoms with van der Waals surface area (Å²) in [6, 6.07) is 7.77. The van der Waals surface area contributed by atoms with Crippen LogP contribution >= 0.6 is 0 Å². The SMILES string of the molecule is O=C(c1cc[n+]([O-])cc1)N1CC=C(c2c[nH]c3cc(F)ccc23)CC1. The summed E-state index contributed by atoms with van der Waals surface area (Å²) in [6.45, 7) is 1.11. The van der Waals surface area contributed by atoms with Crippen LogP contribution in [-0.2, 0) is 0 Å². The molecule has 1 N–H and O–H groups in total. The molecule has 1 aliphatic heterocycles. The Bertz CT molecular complexity index is 976. The summed E-state index contributed by atoms with van der Waals surface area (Å²) in [5.41, 5.74) is 3.47. The van der Waals surface area contributed by atoms with Gasteiger partial charge in [-0.2, -0.15) is 4.73 Å². The smallest absolute Gasteiger partial charge is 0.254 e. The first kappa shape index (κ1) is 15.4. The normalized spacial score (nSPS) is 14.6. The topological polar surface area (TPSA) is 63.0 Å². The number of hydrogen-bond acceptors (Lipinski definition) is 2. The maximum Gasteiger partial charge on any atom is 0.254 e. The number of fused-ring (bicyclic) bond motifs is 1. The van der Waals surface area contributed by atoms with E-state index in [0.717, 1.165) is 28.5 Å². The lowest BCUT2D eigenvalue weighted by atomic mass is 9.98. The molecule has 0 saturated carbocycles. The molecule has 0 unspecified atom stereocenters. The van der Waals surface area contributed by atoms with Gasteiger partial charge >= 0.3 is 0 Å². The Morgan fingerprint density at radius 3 is 2.76 bits per heavy atom. The van der Waals surface area contributed by atoms with Crippen molar-refractivity contribution < 1.29 is 13.9 Å². The number of amides is 1. The minimum atomic E-state index is -0.266. The van der Waals surface area contributed by atoms with E-state index >= 15 is 0 Å². The van der Waals surface area contributed by atoms with Crippen LogP contribution in [0.2, 0.25) is 0 Å². The number of rotatable bonds is 2. The van der Waals surface area contributed by atoms with Gasteiger partial charge in [-0.3, -0.25) is 4.79 Å². The van der Waals surface area contributed by atoms with Gasteiger partial charge in [0.05, 0.1) is 5.56 Å². The summed E-state index contributed by atoms with van der Waals surface area (Å²) in [5, 5.41) is 12.1. The molecule has 0 fully saturated rings. The molecule has 6 heteroatoms. The second kappa shape index (κ2) is 6.05. The van der Waals surface area contributed by atoms with Crippen LogP contribution in [0.3, 0.4) is 0 Å². The number of hydrogen-bond donors (Lipinski definition) is 1. The average Bonchev–Trinajstić information content (AvgIpc) is 3.05. The molecule has 0 bridgehead atoms. The van der Waals surface area contributed by atoms with Gasteiger partial charge in [-0.15, -0.1) is 0 Å². The fourth-order valence-electron chi connectivity index (χ4n) is 3.20. The van der Waals surface area contributed by atoms with Crippen LogP contribution < -0.4 is 4.73 Å². The summed E-state index contributed by atoms with van der Waals surface area (Å²) in [5.74, 6) is -0.352. The van der Waals surface area contributed by atoms with E-state index in [2.05, 4.69) is 4.98 Å². The van der Waals surface area contributed by atoms with Crippen molar-refractivity contribution in [3.8, 4) is 0 Å². The van der Waals surface area contributed by atoms with E-state index in [4.69, 9.17) is 0 Å². The first-order valence-electron chi connectivity index (χ1n) is 8.06. The van der Waals surface area contributed by atoms with Crippen LogP contribution in [0.5, 0.6) is 0 Å². The highest BCUT2D eigenvalue weighted by Gasteiger charge is 2.21. The maximum atomic E-state index is 13.3.